The topological polar surface area (TPSA) is 93.2 Å². The zero-order valence-electron chi connectivity index (χ0n) is 11.6. The fraction of sp³-hybridized carbons (Fsp3) is 0.615. The van der Waals surface area contributed by atoms with Gasteiger partial charge in [-0.15, -0.1) is 0 Å². The van der Waals surface area contributed by atoms with E-state index < -0.39 is 11.9 Å². The van der Waals surface area contributed by atoms with Crippen LogP contribution in [0.15, 0.2) is 11.0 Å². The van der Waals surface area contributed by atoms with Crippen molar-refractivity contribution in [2.24, 2.45) is 11.7 Å². The lowest BCUT2D eigenvalue weighted by atomic mass is 10.1. The smallest absolute Gasteiger partial charge is 0.291 e. The van der Waals surface area contributed by atoms with Crippen LogP contribution >= 0.6 is 11.6 Å². The van der Waals surface area contributed by atoms with E-state index in [1.165, 1.54) is 10.9 Å². The molecule has 1 aliphatic heterocycles. The number of nitrogens with two attached hydrogens (primary N) is 1. The number of amides is 1. The van der Waals surface area contributed by atoms with E-state index in [2.05, 4.69) is 10.4 Å². The summed E-state index contributed by atoms with van der Waals surface area (Å²) in [7, 11) is 0. The van der Waals surface area contributed by atoms with Crippen molar-refractivity contribution >= 4 is 23.2 Å². The number of halogens is 1. The average molecular weight is 312 g/mol. The van der Waals surface area contributed by atoms with Crippen LogP contribution in [0, 0.1) is 5.92 Å². The van der Waals surface area contributed by atoms with Crippen LogP contribution < -0.4 is 21.5 Å². The molecular weight excluding hydrogens is 294 g/mol. The second kappa shape index (κ2) is 5.65. The predicted octanol–water partition coefficient (Wildman–Crippen LogP) is -0.430. The Labute approximate surface area is 127 Å². The third-order valence-corrected chi connectivity index (χ3v) is 4.24. The van der Waals surface area contributed by atoms with Crippen LogP contribution in [0.5, 0.6) is 0 Å². The first-order valence-corrected chi connectivity index (χ1v) is 7.48. The second-order valence-corrected chi connectivity index (χ2v) is 5.99. The van der Waals surface area contributed by atoms with Crippen LogP contribution in [-0.4, -0.2) is 41.4 Å². The molecule has 2 fully saturated rings. The first-order valence-electron chi connectivity index (χ1n) is 7.10. The molecule has 114 valence electrons. The number of piperazine rings is 1. The molecule has 21 heavy (non-hydrogen) atoms. The van der Waals surface area contributed by atoms with Crippen LogP contribution in [0.4, 0.5) is 5.69 Å². The van der Waals surface area contributed by atoms with Gasteiger partial charge in [-0.05, 0) is 18.8 Å². The summed E-state index contributed by atoms with van der Waals surface area (Å²) in [4.78, 5) is 25.9. The second-order valence-electron chi connectivity index (χ2n) is 5.59. The number of rotatable bonds is 4. The van der Waals surface area contributed by atoms with Crippen LogP contribution in [0.3, 0.4) is 0 Å². The summed E-state index contributed by atoms with van der Waals surface area (Å²) in [6.45, 7) is 2.20. The summed E-state index contributed by atoms with van der Waals surface area (Å²) >= 11 is 6.17. The first-order chi connectivity index (χ1) is 10.1. The van der Waals surface area contributed by atoms with Gasteiger partial charge in [-0.3, -0.25) is 9.59 Å². The van der Waals surface area contributed by atoms with Crippen molar-refractivity contribution in [2.75, 3.05) is 24.5 Å². The molecule has 1 amide bonds. The maximum Gasteiger partial charge on any atom is 0.291 e. The maximum absolute atomic E-state index is 12.6. The molecule has 7 nitrogen and oxygen atoms in total. The largest absolute Gasteiger partial charge is 0.368 e. The lowest BCUT2D eigenvalue weighted by molar-refractivity contribution is -0.119. The van der Waals surface area contributed by atoms with Crippen molar-refractivity contribution in [1.82, 2.24) is 15.1 Å². The summed E-state index contributed by atoms with van der Waals surface area (Å²) in [6.07, 6.45) is 3.73. The van der Waals surface area contributed by atoms with Gasteiger partial charge in [0, 0.05) is 26.2 Å². The number of primary amides is 1. The van der Waals surface area contributed by atoms with Crippen molar-refractivity contribution in [2.45, 2.75) is 25.4 Å². The van der Waals surface area contributed by atoms with Gasteiger partial charge in [0.05, 0.1) is 11.2 Å². The average Bonchev–Trinajstić information content (AvgIpc) is 3.26. The molecule has 2 aliphatic rings. The fourth-order valence-corrected chi connectivity index (χ4v) is 2.85. The normalized spacial score (nSPS) is 22.3. The molecule has 1 aromatic heterocycles. The number of hydrogen-bond acceptors (Lipinski definition) is 5. The summed E-state index contributed by atoms with van der Waals surface area (Å²) in [5.41, 5.74) is 5.52. The van der Waals surface area contributed by atoms with Gasteiger partial charge in [-0.2, -0.15) is 5.10 Å². The molecule has 8 heteroatoms. The van der Waals surface area contributed by atoms with Gasteiger partial charge in [-0.1, -0.05) is 11.6 Å². The minimum Gasteiger partial charge on any atom is -0.368 e. The Morgan fingerprint density at radius 1 is 1.52 bits per heavy atom. The molecule has 1 aromatic rings. The van der Waals surface area contributed by atoms with Crippen LogP contribution in [0.1, 0.15) is 12.8 Å². The molecule has 0 aromatic carbocycles. The van der Waals surface area contributed by atoms with Gasteiger partial charge < -0.3 is 16.0 Å². The molecule has 3 rings (SSSR count). The third-order valence-electron chi connectivity index (χ3n) is 3.96. The lowest BCUT2D eigenvalue weighted by Crippen LogP contribution is -2.58. The Morgan fingerprint density at radius 2 is 2.29 bits per heavy atom. The van der Waals surface area contributed by atoms with Crippen LogP contribution in [-0.2, 0) is 11.3 Å². The Hall–Kier alpha value is -1.60. The van der Waals surface area contributed by atoms with E-state index in [0.717, 1.165) is 12.8 Å². The summed E-state index contributed by atoms with van der Waals surface area (Å²) in [5, 5.41) is 7.46. The number of nitrogens with zero attached hydrogens (tertiary/aromatic N) is 3. The van der Waals surface area contributed by atoms with E-state index in [4.69, 9.17) is 17.3 Å². The highest BCUT2D eigenvalue weighted by molar-refractivity contribution is 6.33. The van der Waals surface area contributed by atoms with E-state index in [-0.39, 0.29) is 10.6 Å². The van der Waals surface area contributed by atoms with E-state index in [1.54, 1.807) is 4.90 Å². The van der Waals surface area contributed by atoms with Crippen molar-refractivity contribution < 1.29 is 4.79 Å². The monoisotopic (exact) mass is 311 g/mol. The standard InChI is InChI=1S/C13H18ClN5O2/c14-9-5-17-19(7-8-1-2-8)13(21)11(9)18-4-3-16-6-10(18)12(15)20/h5,8,10,16H,1-4,6-7H2,(H2,15,20). The van der Waals surface area contributed by atoms with Gasteiger partial charge in [0.2, 0.25) is 5.91 Å². The minimum atomic E-state index is -0.569. The Balaban J connectivity index is 1.98. The van der Waals surface area contributed by atoms with Crippen molar-refractivity contribution in [3.05, 3.63) is 21.6 Å². The first kappa shape index (κ1) is 14.3. The van der Waals surface area contributed by atoms with Gasteiger partial charge in [0.15, 0.2) is 0 Å². The molecule has 1 unspecified atom stereocenters. The molecular formula is C13H18ClN5O2. The number of carbonyl (C=O) groups excluding carboxylic acids is 1. The lowest BCUT2D eigenvalue weighted by Gasteiger charge is -2.35. The van der Waals surface area contributed by atoms with Gasteiger partial charge in [0.1, 0.15) is 11.7 Å². The van der Waals surface area contributed by atoms with Gasteiger partial charge in [-0.25, -0.2) is 4.68 Å². The Kier molecular flexibility index (Phi) is 3.86. The summed E-state index contributed by atoms with van der Waals surface area (Å²) in [5.74, 6) is 0.0578. The SMILES string of the molecule is NC(=O)C1CNCCN1c1c(Cl)cnn(CC2CC2)c1=O. The van der Waals surface area contributed by atoms with Crippen LogP contribution in [0.25, 0.3) is 0 Å². The zero-order valence-corrected chi connectivity index (χ0v) is 12.3. The minimum absolute atomic E-state index is 0.248. The van der Waals surface area contributed by atoms with E-state index in [9.17, 15) is 9.59 Å². The van der Waals surface area contributed by atoms with E-state index >= 15 is 0 Å². The highest BCUT2D eigenvalue weighted by atomic mass is 35.5. The summed E-state index contributed by atoms with van der Waals surface area (Å²) < 4.78 is 1.44. The zero-order chi connectivity index (χ0) is 15.0. The molecule has 0 radical (unpaired) electrons. The predicted molar refractivity (Wildman–Crippen MR) is 79.4 cm³/mol. The Morgan fingerprint density at radius 3 is 2.95 bits per heavy atom. The number of nitrogens with one attached hydrogen (secondary N) is 1. The molecule has 2 heterocycles. The molecule has 0 spiro atoms. The van der Waals surface area contributed by atoms with Crippen LogP contribution in [0.2, 0.25) is 5.02 Å². The quantitative estimate of drug-likeness (QED) is 0.787. The maximum atomic E-state index is 12.6. The Bertz CT molecular complexity index is 613. The number of aromatic nitrogens is 2. The summed E-state index contributed by atoms with van der Waals surface area (Å²) in [6, 6.07) is -0.569. The molecule has 0 bridgehead atoms. The molecule has 1 saturated heterocycles. The fourth-order valence-electron chi connectivity index (χ4n) is 2.62. The third kappa shape index (κ3) is 2.89. The molecule has 3 N–H and O–H groups in total. The molecule has 1 atom stereocenters. The van der Waals surface area contributed by atoms with Crippen molar-refractivity contribution in [3.8, 4) is 0 Å². The number of carbonyl (C=O) groups is 1. The van der Waals surface area contributed by atoms with E-state index in [1.807, 2.05) is 0 Å². The van der Waals surface area contributed by atoms with Gasteiger partial charge >= 0.3 is 0 Å². The van der Waals surface area contributed by atoms with Crippen molar-refractivity contribution in [3.63, 3.8) is 0 Å². The molecule has 1 aliphatic carbocycles. The number of hydrogen-bond donors (Lipinski definition) is 2. The van der Waals surface area contributed by atoms with Gasteiger partial charge in [0.25, 0.3) is 5.56 Å². The number of anilines is 1. The highest BCUT2D eigenvalue weighted by Crippen LogP contribution is 2.30. The van der Waals surface area contributed by atoms with E-state index in [0.29, 0.717) is 37.8 Å². The highest BCUT2D eigenvalue weighted by Gasteiger charge is 2.31. The molecule has 1 saturated carbocycles. The van der Waals surface area contributed by atoms with Crippen molar-refractivity contribution in [1.29, 1.82) is 0 Å².